The largest absolute Gasteiger partial charge is 0.507 e. The molecule has 3 atom stereocenters. The smallest absolute Gasteiger partial charge is 0.419 e. The van der Waals surface area contributed by atoms with Gasteiger partial charge in [0.15, 0.2) is 5.60 Å². The number of aliphatic hydroxyl groups is 1. The molecule has 3 aromatic rings. The molecule has 0 aliphatic heterocycles. The maximum atomic E-state index is 14.3. The number of aromatic nitrogens is 1. The zero-order chi connectivity index (χ0) is 23.3. The molecule has 1 unspecified atom stereocenters. The summed E-state index contributed by atoms with van der Waals surface area (Å²) in [5, 5.41) is 25.4. The van der Waals surface area contributed by atoms with Crippen LogP contribution in [0.5, 0.6) is 5.75 Å². The van der Waals surface area contributed by atoms with Crippen LogP contribution in [0, 0.1) is 0 Å². The van der Waals surface area contributed by atoms with Gasteiger partial charge in [-0.25, -0.2) is 0 Å². The van der Waals surface area contributed by atoms with Gasteiger partial charge >= 0.3 is 6.18 Å². The Labute approximate surface area is 182 Å². The first-order valence-corrected chi connectivity index (χ1v) is 10.6. The standard InChI is InChI=1S/C24H25F3N2O3/c1-3-13-8-9-16-20(21(13)31)14(4-2)12-23(32,24(25,26)27)22(16)29-18-7-5-6-17-15(18)10-11-19(30)28-17/h5-11,14,22,29,31-32H,3-4,12H2,1-2H3,(H,28,30)/t14-,22?,23-/m1/s1. The average Bonchev–Trinajstić information content (AvgIpc) is 2.74. The van der Waals surface area contributed by atoms with Gasteiger partial charge in [0.2, 0.25) is 5.56 Å². The monoisotopic (exact) mass is 446 g/mol. The first kappa shape index (κ1) is 22.2. The first-order chi connectivity index (χ1) is 15.1. The number of phenolic OH excluding ortho intramolecular Hbond substituents is 1. The van der Waals surface area contributed by atoms with Crippen molar-refractivity contribution in [2.45, 2.75) is 56.8 Å². The molecule has 0 spiro atoms. The van der Waals surface area contributed by atoms with E-state index in [2.05, 4.69) is 10.3 Å². The highest BCUT2D eigenvalue weighted by Gasteiger charge is 2.62. The highest BCUT2D eigenvalue weighted by atomic mass is 19.4. The van der Waals surface area contributed by atoms with Crippen molar-refractivity contribution < 1.29 is 23.4 Å². The van der Waals surface area contributed by atoms with E-state index in [1.165, 1.54) is 12.1 Å². The number of aromatic amines is 1. The van der Waals surface area contributed by atoms with Crippen LogP contribution in [0.2, 0.25) is 0 Å². The highest BCUT2D eigenvalue weighted by Crippen LogP contribution is 2.55. The third-order valence-corrected chi connectivity index (χ3v) is 6.52. The van der Waals surface area contributed by atoms with Gasteiger partial charge in [0.1, 0.15) is 5.75 Å². The predicted octanol–water partition coefficient (Wildman–Crippen LogP) is 5.14. The minimum atomic E-state index is -4.91. The van der Waals surface area contributed by atoms with Gasteiger partial charge in [0.25, 0.3) is 0 Å². The van der Waals surface area contributed by atoms with E-state index in [9.17, 15) is 28.2 Å². The summed E-state index contributed by atoms with van der Waals surface area (Å²) in [5.41, 5.74) is -1.25. The van der Waals surface area contributed by atoms with Gasteiger partial charge in [-0.3, -0.25) is 4.79 Å². The second kappa shape index (κ2) is 7.85. The van der Waals surface area contributed by atoms with Crippen molar-refractivity contribution in [3.05, 3.63) is 69.5 Å². The van der Waals surface area contributed by atoms with Crippen LogP contribution in [-0.4, -0.2) is 27.0 Å². The fourth-order valence-electron chi connectivity index (χ4n) is 4.78. The van der Waals surface area contributed by atoms with Crippen molar-refractivity contribution in [2.24, 2.45) is 0 Å². The Morgan fingerprint density at radius 1 is 1.16 bits per heavy atom. The fraction of sp³-hybridized carbons (Fsp3) is 0.375. The van der Waals surface area contributed by atoms with Crippen LogP contribution in [0.3, 0.4) is 0 Å². The minimum absolute atomic E-state index is 0.00451. The lowest BCUT2D eigenvalue weighted by atomic mass is 9.68. The fourth-order valence-corrected chi connectivity index (χ4v) is 4.78. The summed E-state index contributed by atoms with van der Waals surface area (Å²) in [6, 6.07) is 9.32. The molecule has 1 heterocycles. The summed E-state index contributed by atoms with van der Waals surface area (Å²) >= 11 is 0. The third kappa shape index (κ3) is 3.43. The Morgan fingerprint density at radius 2 is 1.91 bits per heavy atom. The number of nitrogens with one attached hydrogen (secondary N) is 2. The molecule has 0 saturated heterocycles. The number of pyridine rings is 1. The summed E-state index contributed by atoms with van der Waals surface area (Å²) in [7, 11) is 0. The van der Waals surface area contributed by atoms with Gasteiger partial charge in [-0.1, -0.05) is 32.0 Å². The molecule has 2 aromatic carbocycles. The van der Waals surface area contributed by atoms with Crippen molar-refractivity contribution in [2.75, 3.05) is 5.32 Å². The Morgan fingerprint density at radius 3 is 2.56 bits per heavy atom. The van der Waals surface area contributed by atoms with Gasteiger partial charge in [0.05, 0.1) is 11.6 Å². The number of aryl methyl sites for hydroxylation is 1. The van der Waals surface area contributed by atoms with E-state index >= 15 is 0 Å². The number of hydrogen-bond acceptors (Lipinski definition) is 4. The van der Waals surface area contributed by atoms with E-state index in [4.69, 9.17) is 0 Å². The molecule has 8 heteroatoms. The number of benzene rings is 2. The number of phenols is 1. The van der Waals surface area contributed by atoms with Crippen molar-refractivity contribution in [3.63, 3.8) is 0 Å². The number of fused-ring (bicyclic) bond motifs is 2. The van der Waals surface area contributed by atoms with E-state index in [1.807, 2.05) is 6.92 Å². The first-order valence-electron chi connectivity index (χ1n) is 10.6. The molecule has 170 valence electrons. The summed E-state index contributed by atoms with van der Waals surface area (Å²) in [6.07, 6.45) is -4.60. The van der Waals surface area contributed by atoms with Gasteiger partial charge in [-0.15, -0.1) is 0 Å². The molecule has 32 heavy (non-hydrogen) atoms. The van der Waals surface area contributed by atoms with E-state index in [0.717, 1.165) is 0 Å². The Balaban J connectivity index is 1.94. The molecule has 1 aromatic heterocycles. The molecule has 0 fully saturated rings. The van der Waals surface area contributed by atoms with Gasteiger partial charge in [-0.2, -0.15) is 13.2 Å². The molecule has 4 rings (SSSR count). The lowest BCUT2D eigenvalue weighted by molar-refractivity contribution is -0.272. The SMILES string of the molecule is CCc1ccc2c(c1O)[C@H](CC)C[C@](O)(C(F)(F)F)C2Nc1cccc2[nH]c(=O)ccc12. The quantitative estimate of drug-likeness (QED) is 0.447. The maximum Gasteiger partial charge on any atom is 0.419 e. The zero-order valence-electron chi connectivity index (χ0n) is 17.8. The number of aromatic hydroxyl groups is 1. The second-order valence-electron chi connectivity index (χ2n) is 8.33. The van der Waals surface area contributed by atoms with Crippen LogP contribution in [0.4, 0.5) is 18.9 Å². The minimum Gasteiger partial charge on any atom is -0.507 e. The summed E-state index contributed by atoms with van der Waals surface area (Å²) in [5.74, 6) is -0.653. The molecule has 4 N–H and O–H groups in total. The average molecular weight is 446 g/mol. The third-order valence-electron chi connectivity index (χ3n) is 6.52. The molecule has 0 amide bonds. The Bertz CT molecular complexity index is 1220. The van der Waals surface area contributed by atoms with E-state index < -0.39 is 30.2 Å². The van der Waals surface area contributed by atoms with E-state index in [1.54, 1.807) is 37.3 Å². The summed E-state index contributed by atoms with van der Waals surface area (Å²) in [6.45, 7) is 3.61. The van der Waals surface area contributed by atoms with Crippen molar-refractivity contribution in [1.29, 1.82) is 0 Å². The molecular formula is C24H25F3N2O3. The number of hydrogen-bond donors (Lipinski definition) is 4. The number of halogens is 3. The van der Waals surface area contributed by atoms with Crippen molar-refractivity contribution in [1.82, 2.24) is 4.98 Å². The summed E-state index contributed by atoms with van der Waals surface area (Å²) < 4.78 is 42.9. The lowest BCUT2D eigenvalue weighted by Gasteiger charge is -2.46. The Hall–Kier alpha value is -3.00. The van der Waals surface area contributed by atoms with Crippen LogP contribution in [0.25, 0.3) is 10.9 Å². The normalized spacial score (nSPS) is 23.2. The van der Waals surface area contributed by atoms with Crippen LogP contribution in [0.1, 0.15) is 55.3 Å². The number of anilines is 1. The van der Waals surface area contributed by atoms with Crippen molar-refractivity contribution >= 4 is 16.6 Å². The molecule has 0 saturated carbocycles. The lowest BCUT2D eigenvalue weighted by Crippen LogP contribution is -2.55. The van der Waals surface area contributed by atoms with Crippen LogP contribution < -0.4 is 10.9 Å². The molecule has 5 nitrogen and oxygen atoms in total. The summed E-state index contributed by atoms with van der Waals surface area (Å²) in [4.78, 5) is 14.3. The van der Waals surface area contributed by atoms with E-state index in [-0.39, 0.29) is 16.9 Å². The maximum absolute atomic E-state index is 14.3. The number of alkyl halides is 3. The van der Waals surface area contributed by atoms with E-state index in [0.29, 0.717) is 40.6 Å². The van der Waals surface area contributed by atoms with Gasteiger partial charge in [0, 0.05) is 22.7 Å². The second-order valence-corrected chi connectivity index (χ2v) is 8.33. The Kier molecular flexibility index (Phi) is 5.45. The van der Waals surface area contributed by atoms with Crippen LogP contribution in [-0.2, 0) is 6.42 Å². The van der Waals surface area contributed by atoms with Crippen LogP contribution >= 0.6 is 0 Å². The number of H-pyrrole nitrogens is 1. The topological polar surface area (TPSA) is 85.3 Å². The molecule has 1 aliphatic rings. The molecule has 1 aliphatic carbocycles. The number of rotatable bonds is 4. The molecule has 0 bridgehead atoms. The van der Waals surface area contributed by atoms with Crippen molar-refractivity contribution in [3.8, 4) is 5.75 Å². The van der Waals surface area contributed by atoms with Gasteiger partial charge < -0.3 is 20.5 Å². The van der Waals surface area contributed by atoms with Crippen LogP contribution in [0.15, 0.2) is 47.3 Å². The zero-order valence-corrected chi connectivity index (χ0v) is 17.8. The molecule has 0 radical (unpaired) electrons. The predicted molar refractivity (Wildman–Crippen MR) is 117 cm³/mol. The highest BCUT2D eigenvalue weighted by molar-refractivity contribution is 5.91. The van der Waals surface area contributed by atoms with Gasteiger partial charge in [-0.05, 0) is 54.5 Å². The molecular weight excluding hydrogens is 421 g/mol.